The second kappa shape index (κ2) is 15.6. The molecule has 1 aliphatic rings. The van der Waals surface area contributed by atoms with Crippen LogP contribution in [0.15, 0.2) is 42.9 Å². The molecule has 1 atom stereocenters. The molecule has 0 radical (unpaired) electrons. The highest BCUT2D eigenvalue weighted by Crippen LogP contribution is 2.28. The average molecular weight is 631 g/mol. The van der Waals surface area contributed by atoms with Gasteiger partial charge in [-0.15, -0.1) is 10.1 Å². The molecule has 0 spiro atoms. The minimum atomic E-state index is -0.938. The number of halogens is 1. The molecule has 0 bridgehead atoms. The molecule has 17 heteroatoms. The number of amides is 1. The third-order valence-electron chi connectivity index (χ3n) is 6.55. The molecule has 234 valence electrons. The molecule has 1 amide bonds. The van der Waals surface area contributed by atoms with Crippen molar-refractivity contribution in [1.29, 1.82) is 0 Å². The minimum Gasteiger partial charge on any atom is -0.495 e. The van der Waals surface area contributed by atoms with Crippen molar-refractivity contribution in [1.82, 2.24) is 19.9 Å². The monoisotopic (exact) mass is 630 g/mol. The number of methoxy groups -OCH3 is 1. The second-order valence-corrected chi connectivity index (χ2v) is 9.86. The average Bonchev–Trinajstić information content (AvgIpc) is 3.51. The summed E-state index contributed by atoms with van der Waals surface area (Å²) in [6.07, 6.45) is 6.04. The molecule has 1 aromatic carbocycles. The Morgan fingerprint density at radius 3 is 2.75 bits per heavy atom. The van der Waals surface area contributed by atoms with Crippen molar-refractivity contribution >= 4 is 41.2 Å². The van der Waals surface area contributed by atoms with Crippen molar-refractivity contribution in [2.45, 2.75) is 25.4 Å². The molecule has 0 saturated carbocycles. The summed E-state index contributed by atoms with van der Waals surface area (Å²) in [5.41, 5.74) is 1.02. The lowest BCUT2D eigenvalue weighted by molar-refractivity contribution is -0.758. The largest absolute Gasteiger partial charge is 0.495 e. The number of aromatic nitrogens is 4. The van der Waals surface area contributed by atoms with Crippen LogP contribution in [0.1, 0.15) is 28.8 Å². The van der Waals surface area contributed by atoms with E-state index in [0.717, 1.165) is 18.4 Å². The first-order chi connectivity index (χ1) is 21.3. The lowest BCUT2D eigenvalue weighted by Crippen LogP contribution is -2.36. The molecule has 3 aromatic rings. The number of esters is 1. The van der Waals surface area contributed by atoms with Crippen LogP contribution in [0, 0.1) is 10.1 Å². The van der Waals surface area contributed by atoms with E-state index < -0.39 is 17.0 Å². The smallest absolute Gasteiger partial charge is 0.332 e. The van der Waals surface area contributed by atoms with Gasteiger partial charge in [0.2, 0.25) is 11.9 Å². The van der Waals surface area contributed by atoms with Gasteiger partial charge in [0.05, 0.1) is 24.8 Å². The summed E-state index contributed by atoms with van der Waals surface area (Å²) in [5, 5.41) is 12.9. The summed E-state index contributed by atoms with van der Waals surface area (Å²) in [7, 11) is 3.09. The van der Waals surface area contributed by atoms with Gasteiger partial charge in [0.1, 0.15) is 37.0 Å². The highest BCUT2D eigenvalue weighted by molar-refractivity contribution is 6.32. The first-order valence-corrected chi connectivity index (χ1v) is 13.9. The van der Waals surface area contributed by atoms with Crippen molar-refractivity contribution in [3.63, 3.8) is 0 Å². The van der Waals surface area contributed by atoms with E-state index in [4.69, 9.17) is 30.8 Å². The molecular formula is C27H31ClN8O8. The number of benzene rings is 1. The standard InChI is InChI=1S/C27H31ClN8O8/c1-34(26-29-8-4-9-30-26)25(38)20-15-32-27(33-24(20)31-14-18-6-7-22(41-2)21(28)13-18)35-10-3-5-19(35)16-43-23(37)17-42-11-12-44-36(39)40/h4,6-9,13,15,19H,3,5,10-12,14,16-17H2,1-2H3,(H,31,32,33)/t19-/m0/s1. The molecule has 1 saturated heterocycles. The van der Waals surface area contributed by atoms with Gasteiger partial charge in [-0.25, -0.2) is 19.7 Å². The van der Waals surface area contributed by atoms with E-state index in [9.17, 15) is 19.7 Å². The van der Waals surface area contributed by atoms with Crippen LogP contribution in [-0.2, 0) is 25.7 Å². The van der Waals surface area contributed by atoms with Gasteiger partial charge in [0, 0.05) is 38.7 Å². The second-order valence-electron chi connectivity index (χ2n) is 9.45. The summed E-state index contributed by atoms with van der Waals surface area (Å²) in [4.78, 5) is 60.7. The summed E-state index contributed by atoms with van der Waals surface area (Å²) < 4.78 is 15.6. The van der Waals surface area contributed by atoms with Gasteiger partial charge in [0.25, 0.3) is 11.0 Å². The Balaban J connectivity index is 1.48. The minimum absolute atomic E-state index is 0.0544. The molecule has 1 fully saturated rings. The third kappa shape index (κ3) is 8.61. The van der Waals surface area contributed by atoms with Gasteiger partial charge < -0.3 is 29.3 Å². The van der Waals surface area contributed by atoms with E-state index in [1.54, 1.807) is 25.2 Å². The fourth-order valence-electron chi connectivity index (χ4n) is 4.37. The normalized spacial score (nSPS) is 14.2. The molecule has 16 nitrogen and oxygen atoms in total. The van der Waals surface area contributed by atoms with Gasteiger partial charge in [-0.05, 0) is 36.6 Å². The summed E-state index contributed by atoms with van der Waals surface area (Å²) in [5.74, 6) is 0.339. The number of nitrogens with zero attached hydrogens (tertiary/aromatic N) is 7. The quantitative estimate of drug-likeness (QED) is 0.112. The SMILES string of the molecule is COc1ccc(CNc2nc(N3CCC[C@H]3COC(=O)COCCO[N+](=O)[O-])ncc2C(=O)N(C)c2ncccn2)cc1Cl. The molecule has 1 N–H and O–H groups in total. The maximum atomic E-state index is 13.5. The molecular weight excluding hydrogens is 600 g/mol. The summed E-state index contributed by atoms with van der Waals surface area (Å²) in [6.45, 7) is 0.161. The summed E-state index contributed by atoms with van der Waals surface area (Å²) >= 11 is 6.30. The number of rotatable bonds is 15. The molecule has 0 aliphatic carbocycles. The maximum Gasteiger partial charge on any atom is 0.332 e. The number of hydrogen-bond donors (Lipinski definition) is 1. The Hall–Kier alpha value is -4.83. The zero-order valence-corrected chi connectivity index (χ0v) is 24.8. The maximum absolute atomic E-state index is 13.5. The summed E-state index contributed by atoms with van der Waals surface area (Å²) in [6, 6.07) is 6.78. The van der Waals surface area contributed by atoms with Crippen molar-refractivity contribution in [2.24, 2.45) is 0 Å². The third-order valence-corrected chi connectivity index (χ3v) is 6.85. The molecule has 2 aromatic heterocycles. The van der Waals surface area contributed by atoms with Crippen molar-refractivity contribution in [2.75, 3.05) is 62.2 Å². The Bertz CT molecular complexity index is 1450. The van der Waals surface area contributed by atoms with Gasteiger partial charge >= 0.3 is 5.97 Å². The van der Waals surface area contributed by atoms with Crippen LogP contribution in [0.2, 0.25) is 5.02 Å². The lowest BCUT2D eigenvalue weighted by atomic mass is 10.2. The van der Waals surface area contributed by atoms with Crippen LogP contribution < -0.4 is 19.9 Å². The van der Waals surface area contributed by atoms with Gasteiger partial charge in [0.15, 0.2) is 0 Å². The van der Waals surface area contributed by atoms with Crippen LogP contribution in [0.25, 0.3) is 0 Å². The molecule has 3 heterocycles. The number of carbonyl (C=O) groups excluding carboxylic acids is 2. The fraction of sp³-hybridized carbons (Fsp3) is 0.407. The van der Waals surface area contributed by atoms with Crippen molar-refractivity contribution in [3.05, 3.63) is 69.1 Å². The van der Waals surface area contributed by atoms with Crippen molar-refractivity contribution in [3.8, 4) is 5.75 Å². The fourth-order valence-corrected chi connectivity index (χ4v) is 4.65. The number of ether oxygens (including phenoxy) is 3. The molecule has 4 rings (SSSR count). The Labute approximate surface area is 257 Å². The topological polar surface area (TPSA) is 184 Å². The lowest BCUT2D eigenvalue weighted by Gasteiger charge is -2.25. The number of carbonyl (C=O) groups is 2. The molecule has 44 heavy (non-hydrogen) atoms. The molecule has 1 aliphatic heterocycles. The van der Waals surface area contributed by atoms with Gasteiger partial charge in [-0.2, -0.15) is 4.98 Å². The highest BCUT2D eigenvalue weighted by Gasteiger charge is 2.30. The Morgan fingerprint density at radius 2 is 2.02 bits per heavy atom. The van der Waals surface area contributed by atoms with Crippen LogP contribution in [0.4, 0.5) is 17.7 Å². The van der Waals surface area contributed by atoms with Crippen molar-refractivity contribution < 1.29 is 33.7 Å². The zero-order valence-electron chi connectivity index (χ0n) is 24.1. The number of nitrogens with one attached hydrogen (secondary N) is 1. The van der Waals surface area contributed by atoms with Crippen LogP contribution >= 0.6 is 11.6 Å². The molecule has 0 unspecified atom stereocenters. The van der Waals surface area contributed by atoms with Gasteiger partial charge in [-0.3, -0.25) is 9.69 Å². The van der Waals surface area contributed by atoms with Crippen LogP contribution in [0.3, 0.4) is 0 Å². The first kappa shape index (κ1) is 32.1. The van der Waals surface area contributed by atoms with E-state index in [1.165, 1.54) is 30.6 Å². The predicted molar refractivity (Wildman–Crippen MR) is 157 cm³/mol. The number of hydrogen-bond acceptors (Lipinski definition) is 14. The highest BCUT2D eigenvalue weighted by atomic mass is 35.5. The van der Waals surface area contributed by atoms with E-state index >= 15 is 0 Å². The van der Waals surface area contributed by atoms with Crippen LogP contribution in [0.5, 0.6) is 5.75 Å². The first-order valence-electron chi connectivity index (χ1n) is 13.5. The number of anilines is 3. The predicted octanol–water partition coefficient (Wildman–Crippen LogP) is 2.55. The Kier molecular flexibility index (Phi) is 11.4. The zero-order chi connectivity index (χ0) is 31.5. The Morgan fingerprint density at radius 1 is 1.23 bits per heavy atom. The van der Waals surface area contributed by atoms with Gasteiger partial charge in [-0.1, -0.05) is 17.7 Å². The van der Waals surface area contributed by atoms with E-state index in [2.05, 4.69) is 25.1 Å². The van der Waals surface area contributed by atoms with E-state index in [0.29, 0.717) is 29.8 Å². The van der Waals surface area contributed by atoms with E-state index in [1.807, 2.05) is 11.0 Å². The van der Waals surface area contributed by atoms with E-state index in [-0.39, 0.29) is 49.8 Å². The van der Waals surface area contributed by atoms with Crippen LogP contribution in [-0.4, -0.2) is 90.1 Å².